The van der Waals surface area contributed by atoms with Gasteiger partial charge < -0.3 is 14.6 Å². The van der Waals surface area contributed by atoms with Gasteiger partial charge >= 0.3 is 5.97 Å². The minimum atomic E-state index is -1.62. The lowest BCUT2D eigenvalue weighted by Gasteiger charge is -2.37. The summed E-state index contributed by atoms with van der Waals surface area (Å²) in [4.78, 5) is 25.1. The predicted octanol–water partition coefficient (Wildman–Crippen LogP) is 1.44. The molecule has 0 bridgehead atoms. The van der Waals surface area contributed by atoms with Gasteiger partial charge in [0.15, 0.2) is 11.6 Å². The summed E-state index contributed by atoms with van der Waals surface area (Å²) in [6.07, 6.45) is 3.48. The largest absolute Gasteiger partial charge is 0.461 e. The summed E-state index contributed by atoms with van der Waals surface area (Å²) < 4.78 is 11.6. The van der Waals surface area contributed by atoms with Crippen LogP contribution >= 0.6 is 0 Å². The molecule has 0 amide bonds. The van der Waals surface area contributed by atoms with Crippen LogP contribution < -0.4 is 0 Å². The fourth-order valence-corrected chi connectivity index (χ4v) is 5.33. The lowest BCUT2D eigenvalue weighted by Crippen LogP contribution is -2.47. The van der Waals surface area contributed by atoms with E-state index in [1.54, 1.807) is 13.0 Å². The van der Waals surface area contributed by atoms with Crippen molar-refractivity contribution in [2.75, 3.05) is 0 Å². The Morgan fingerprint density at radius 3 is 2.64 bits per heavy atom. The second-order valence-corrected chi connectivity index (χ2v) is 7.94. The molecule has 0 aromatic carbocycles. The van der Waals surface area contributed by atoms with E-state index in [4.69, 9.17) is 9.47 Å². The number of carbonyl (C=O) groups is 2. The first kappa shape index (κ1) is 14.4. The lowest BCUT2D eigenvalue weighted by molar-refractivity contribution is -0.239. The minimum absolute atomic E-state index is 0.0226. The molecule has 8 atom stereocenters. The average molecular weight is 306 g/mol. The number of allylic oxidation sites excluding steroid dienone is 2. The maximum Gasteiger partial charge on any atom is 0.318 e. The highest BCUT2D eigenvalue weighted by Gasteiger charge is 2.76. The smallest absolute Gasteiger partial charge is 0.318 e. The lowest BCUT2D eigenvalue weighted by atomic mass is 9.64. The number of hydrogen-bond donors (Lipinski definition) is 1. The Morgan fingerprint density at radius 2 is 1.95 bits per heavy atom. The van der Waals surface area contributed by atoms with Crippen LogP contribution in [0, 0.1) is 28.6 Å². The third kappa shape index (κ3) is 1.30. The highest BCUT2D eigenvalue weighted by atomic mass is 16.7. The summed E-state index contributed by atoms with van der Waals surface area (Å²) in [7, 11) is 0. The van der Waals surface area contributed by atoms with Gasteiger partial charge in [-0.25, -0.2) is 0 Å². The molecular weight excluding hydrogens is 284 g/mol. The van der Waals surface area contributed by atoms with Crippen LogP contribution in [0.1, 0.15) is 34.1 Å². The summed E-state index contributed by atoms with van der Waals surface area (Å²) in [6, 6.07) is 0. The molecule has 4 rings (SSSR count). The summed E-state index contributed by atoms with van der Waals surface area (Å²) in [6.45, 7) is 7.23. The van der Waals surface area contributed by atoms with Gasteiger partial charge in [-0.1, -0.05) is 13.0 Å². The van der Waals surface area contributed by atoms with Crippen molar-refractivity contribution in [1.29, 1.82) is 0 Å². The standard InChI is InChI=1S/C17H22O5/c1-8-7-10-12-13(15(2)9(8)5-6-11(15)18)22-17(4,20)16(12,3)14(19)21-10/h5-6,8-10,12-13,20H,7H2,1-4H3/t8-,9-,10+,12-,13-,15+,16+,17-/m1/s1. The molecule has 0 radical (unpaired) electrons. The van der Waals surface area contributed by atoms with Gasteiger partial charge in [0.25, 0.3) is 0 Å². The number of carbonyl (C=O) groups excluding carboxylic acids is 2. The summed E-state index contributed by atoms with van der Waals surface area (Å²) in [5, 5.41) is 10.8. The highest BCUT2D eigenvalue weighted by molar-refractivity contribution is 5.98. The summed E-state index contributed by atoms with van der Waals surface area (Å²) in [5.74, 6) is -2.04. The van der Waals surface area contributed by atoms with Gasteiger partial charge in [0.1, 0.15) is 11.5 Å². The van der Waals surface area contributed by atoms with E-state index in [0.29, 0.717) is 6.42 Å². The van der Waals surface area contributed by atoms with Crippen molar-refractivity contribution in [3.63, 3.8) is 0 Å². The maximum absolute atomic E-state index is 12.6. The van der Waals surface area contributed by atoms with Crippen LogP contribution in [0.4, 0.5) is 0 Å². The fraction of sp³-hybridized carbons (Fsp3) is 0.765. The third-order valence-electron chi connectivity index (χ3n) is 6.88. The zero-order valence-corrected chi connectivity index (χ0v) is 13.3. The topological polar surface area (TPSA) is 72.8 Å². The molecule has 4 aliphatic rings. The van der Waals surface area contributed by atoms with Crippen LogP contribution in [0.15, 0.2) is 12.2 Å². The van der Waals surface area contributed by atoms with Gasteiger partial charge in [-0.05, 0) is 45.1 Å². The van der Waals surface area contributed by atoms with Crippen LogP contribution in [0.3, 0.4) is 0 Å². The van der Waals surface area contributed by atoms with Crippen LogP contribution in [0.2, 0.25) is 0 Å². The number of aliphatic hydroxyl groups is 1. The monoisotopic (exact) mass is 306 g/mol. The Balaban J connectivity index is 1.92. The molecule has 1 N–H and O–H groups in total. The van der Waals surface area contributed by atoms with Gasteiger partial charge in [-0.3, -0.25) is 9.59 Å². The minimum Gasteiger partial charge on any atom is -0.461 e. The van der Waals surface area contributed by atoms with E-state index in [2.05, 4.69) is 6.92 Å². The molecule has 0 unspecified atom stereocenters. The maximum atomic E-state index is 12.6. The Kier molecular flexibility index (Phi) is 2.50. The van der Waals surface area contributed by atoms with Crippen molar-refractivity contribution in [2.45, 2.75) is 52.1 Å². The van der Waals surface area contributed by atoms with E-state index >= 15 is 0 Å². The molecule has 2 aliphatic carbocycles. The molecule has 2 saturated heterocycles. The van der Waals surface area contributed by atoms with E-state index in [1.807, 2.05) is 13.0 Å². The second-order valence-electron chi connectivity index (χ2n) is 7.94. The van der Waals surface area contributed by atoms with Crippen LogP contribution in [-0.4, -0.2) is 34.9 Å². The molecule has 0 aromatic heterocycles. The molecule has 120 valence electrons. The van der Waals surface area contributed by atoms with Crippen molar-refractivity contribution in [3.05, 3.63) is 12.2 Å². The van der Waals surface area contributed by atoms with Gasteiger partial charge in [0.2, 0.25) is 0 Å². The zero-order chi connectivity index (χ0) is 16.1. The van der Waals surface area contributed by atoms with Crippen LogP contribution in [0.25, 0.3) is 0 Å². The van der Waals surface area contributed by atoms with E-state index < -0.39 is 28.7 Å². The number of rotatable bonds is 0. The molecule has 3 fully saturated rings. The van der Waals surface area contributed by atoms with Crippen molar-refractivity contribution >= 4 is 11.8 Å². The van der Waals surface area contributed by atoms with Gasteiger partial charge in [0, 0.05) is 5.92 Å². The van der Waals surface area contributed by atoms with E-state index in [1.165, 1.54) is 6.92 Å². The molecule has 22 heavy (non-hydrogen) atoms. The first-order valence-electron chi connectivity index (χ1n) is 7.98. The molecule has 5 nitrogen and oxygen atoms in total. The van der Waals surface area contributed by atoms with Gasteiger partial charge in [-0.2, -0.15) is 0 Å². The molecular formula is C17H22O5. The molecule has 0 aromatic rings. The number of ether oxygens (including phenoxy) is 2. The Bertz CT molecular complexity index is 608. The van der Waals surface area contributed by atoms with Crippen molar-refractivity contribution in [3.8, 4) is 0 Å². The molecule has 0 spiro atoms. The van der Waals surface area contributed by atoms with E-state index in [-0.39, 0.29) is 29.6 Å². The molecule has 2 heterocycles. The Morgan fingerprint density at radius 1 is 1.27 bits per heavy atom. The van der Waals surface area contributed by atoms with Crippen LogP contribution in [0.5, 0.6) is 0 Å². The van der Waals surface area contributed by atoms with Crippen molar-refractivity contribution in [2.24, 2.45) is 28.6 Å². The number of ketones is 1. The quantitative estimate of drug-likeness (QED) is 0.686. The molecule has 2 aliphatic heterocycles. The van der Waals surface area contributed by atoms with Gasteiger partial charge in [0.05, 0.1) is 11.5 Å². The SMILES string of the molecule is C[C@@H]1C[C@@H]2OC(=O)[C@]3(C)[C@H]2[C@@H](O[C@@]3(C)O)[C@]2(C)C(=O)C=C[C@H]12. The van der Waals surface area contributed by atoms with E-state index in [0.717, 1.165) is 0 Å². The Labute approximate surface area is 129 Å². The average Bonchev–Trinajstić information content (AvgIpc) is 2.91. The molecule has 1 saturated carbocycles. The van der Waals surface area contributed by atoms with Crippen molar-refractivity contribution < 1.29 is 24.2 Å². The second kappa shape index (κ2) is 3.82. The number of esters is 1. The fourth-order valence-electron chi connectivity index (χ4n) is 5.33. The first-order chi connectivity index (χ1) is 10.1. The normalized spacial score (nSPS) is 59.2. The Hall–Kier alpha value is -1.20. The number of hydrogen-bond acceptors (Lipinski definition) is 5. The predicted molar refractivity (Wildman–Crippen MR) is 76.5 cm³/mol. The number of fused-ring (bicyclic) bond motifs is 2. The first-order valence-corrected chi connectivity index (χ1v) is 7.98. The third-order valence-corrected chi connectivity index (χ3v) is 6.88. The summed E-state index contributed by atoms with van der Waals surface area (Å²) >= 11 is 0. The van der Waals surface area contributed by atoms with Crippen LogP contribution in [-0.2, 0) is 19.1 Å². The molecule has 5 heteroatoms. The van der Waals surface area contributed by atoms with Crippen molar-refractivity contribution in [1.82, 2.24) is 0 Å². The van der Waals surface area contributed by atoms with Gasteiger partial charge in [-0.15, -0.1) is 0 Å². The van der Waals surface area contributed by atoms with E-state index in [9.17, 15) is 14.7 Å². The summed E-state index contributed by atoms with van der Waals surface area (Å²) in [5.41, 5.74) is -1.86. The zero-order valence-electron chi connectivity index (χ0n) is 13.3. The highest BCUT2D eigenvalue weighted by Crippen LogP contribution is 2.64.